The van der Waals surface area contributed by atoms with Crippen molar-refractivity contribution in [1.82, 2.24) is 10.2 Å². The van der Waals surface area contributed by atoms with Crippen LogP contribution in [-0.4, -0.2) is 16.7 Å². The van der Waals surface area contributed by atoms with E-state index in [1.807, 2.05) is 0 Å². The predicted octanol–water partition coefficient (Wildman–Crippen LogP) is 1.99. The third kappa shape index (κ3) is 1.27. The van der Waals surface area contributed by atoms with E-state index in [1.165, 1.54) is 42.6 Å². The highest BCUT2D eigenvalue weighted by molar-refractivity contribution is 5.37. The summed E-state index contributed by atoms with van der Waals surface area (Å²) in [5.74, 6) is 1.22. The lowest BCUT2D eigenvalue weighted by molar-refractivity contribution is 0.556. The van der Waals surface area contributed by atoms with Crippen LogP contribution in [0, 0.1) is 11.3 Å². The highest BCUT2D eigenvalue weighted by atomic mass is 15.1. The Morgan fingerprint density at radius 3 is 2.81 bits per heavy atom. The largest absolute Gasteiger partial charge is 0.330 e. The van der Waals surface area contributed by atoms with Gasteiger partial charge in [0.2, 0.25) is 0 Å². The Morgan fingerprint density at radius 1 is 1.38 bits per heavy atom. The molecule has 3 heteroatoms. The molecule has 0 radical (unpaired) electrons. The van der Waals surface area contributed by atoms with Crippen LogP contribution >= 0.6 is 0 Å². The minimum absolute atomic E-state index is 0.356. The summed E-state index contributed by atoms with van der Waals surface area (Å²) in [6, 6.07) is 0. The Bertz CT molecular complexity index is 405. The maximum atomic E-state index is 5.84. The van der Waals surface area contributed by atoms with Gasteiger partial charge in [-0.05, 0) is 49.1 Å². The van der Waals surface area contributed by atoms with E-state index in [2.05, 4.69) is 24.0 Å². The quantitative estimate of drug-likeness (QED) is 0.799. The molecule has 3 nitrogen and oxygen atoms in total. The maximum absolute atomic E-state index is 5.84. The van der Waals surface area contributed by atoms with E-state index < -0.39 is 0 Å². The second-order valence-corrected chi connectivity index (χ2v) is 5.91. The Balaban J connectivity index is 1.94. The van der Waals surface area contributed by atoms with E-state index in [9.17, 15) is 0 Å². The SMILES string of the molecule is CC1(C)C(CN)C1c1n[nH]c2c1CCCC2. The minimum Gasteiger partial charge on any atom is -0.330 e. The van der Waals surface area contributed by atoms with Crippen molar-refractivity contribution in [3.63, 3.8) is 0 Å². The molecule has 2 unspecified atom stereocenters. The molecule has 1 saturated carbocycles. The van der Waals surface area contributed by atoms with Gasteiger partial charge in [-0.25, -0.2) is 0 Å². The van der Waals surface area contributed by atoms with Gasteiger partial charge < -0.3 is 5.73 Å². The summed E-state index contributed by atoms with van der Waals surface area (Å²) in [4.78, 5) is 0. The summed E-state index contributed by atoms with van der Waals surface area (Å²) in [5.41, 5.74) is 10.4. The molecular formula is C13H21N3. The van der Waals surface area contributed by atoms with Gasteiger partial charge in [0.15, 0.2) is 0 Å². The van der Waals surface area contributed by atoms with Crippen LogP contribution in [0.1, 0.15) is 49.6 Å². The van der Waals surface area contributed by atoms with E-state index in [-0.39, 0.29) is 0 Å². The van der Waals surface area contributed by atoms with Crippen LogP contribution in [0.3, 0.4) is 0 Å². The molecule has 16 heavy (non-hydrogen) atoms. The number of aromatic nitrogens is 2. The van der Waals surface area contributed by atoms with Gasteiger partial charge in [0.1, 0.15) is 0 Å². The predicted molar refractivity (Wildman–Crippen MR) is 64.3 cm³/mol. The van der Waals surface area contributed by atoms with Crippen molar-refractivity contribution in [1.29, 1.82) is 0 Å². The van der Waals surface area contributed by atoms with Crippen molar-refractivity contribution < 1.29 is 0 Å². The topological polar surface area (TPSA) is 54.7 Å². The van der Waals surface area contributed by atoms with Crippen molar-refractivity contribution in [3.8, 4) is 0 Å². The van der Waals surface area contributed by atoms with Crippen molar-refractivity contribution in [3.05, 3.63) is 17.0 Å². The number of nitrogens with zero attached hydrogens (tertiary/aromatic N) is 1. The number of nitrogens with two attached hydrogens (primary N) is 1. The van der Waals surface area contributed by atoms with E-state index in [1.54, 1.807) is 0 Å². The fourth-order valence-electron chi connectivity index (χ4n) is 3.49. The molecule has 1 heterocycles. The fourth-order valence-corrected chi connectivity index (χ4v) is 3.49. The van der Waals surface area contributed by atoms with Crippen molar-refractivity contribution >= 4 is 0 Å². The first-order valence-electron chi connectivity index (χ1n) is 6.42. The first-order valence-corrected chi connectivity index (χ1v) is 6.42. The van der Waals surface area contributed by atoms with E-state index >= 15 is 0 Å². The zero-order chi connectivity index (χ0) is 11.3. The third-order valence-electron chi connectivity index (χ3n) is 4.69. The van der Waals surface area contributed by atoms with Crippen LogP contribution in [0.15, 0.2) is 0 Å². The van der Waals surface area contributed by atoms with Gasteiger partial charge in [-0.2, -0.15) is 5.10 Å². The standard InChI is InChI=1S/C13H21N3/c1-13(2)9(7-14)11(13)12-8-5-3-4-6-10(8)15-16-12/h9,11H,3-7,14H2,1-2H3,(H,15,16). The molecule has 3 N–H and O–H groups in total. The summed E-state index contributed by atoms with van der Waals surface area (Å²) in [7, 11) is 0. The summed E-state index contributed by atoms with van der Waals surface area (Å²) in [6.07, 6.45) is 5.02. The molecule has 0 bridgehead atoms. The lowest BCUT2D eigenvalue weighted by Gasteiger charge is -2.11. The van der Waals surface area contributed by atoms with Gasteiger partial charge in [-0.15, -0.1) is 0 Å². The second-order valence-electron chi connectivity index (χ2n) is 5.91. The first-order chi connectivity index (χ1) is 7.66. The number of rotatable bonds is 2. The van der Waals surface area contributed by atoms with Crippen LogP contribution in [0.2, 0.25) is 0 Å². The molecule has 0 spiro atoms. The summed E-state index contributed by atoms with van der Waals surface area (Å²) in [5, 5.41) is 7.81. The smallest absolute Gasteiger partial charge is 0.0696 e. The zero-order valence-electron chi connectivity index (χ0n) is 10.2. The summed E-state index contributed by atoms with van der Waals surface area (Å²) in [6.45, 7) is 5.43. The maximum Gasteiger partial charge on any atom is 0.0696 e. The number of H-pyrrole nitrogens is 1. The molecule has 1 aromatic rings. The number of aromatic amines is 1. The molecule has 0 aliphatic heterocycles. The van der Waals surface area contributed by atoms with Crippen molar-refractivity contribution in [2.75, 3.05) is 6.54 Å². The normalized spacial score (nSPS) is 31.2. The highest BCUT2D eigenvalue weighted by Gasteiger charge is 2.59. The van der Waals surface area contributed by atoms with Gasteiger partial charge in [0.25, 0.3) is 0 Å². The van der Waals surface area contributed by atoms with Crippen molar-refractivity contribution in [2.45, 2.75) is 45.4 Å². The van der Waals surface area contributed by atoms with Gasteiger partial charge in [0.05, 0.1) is 5.69 Å². The number of hydrogen-bond donors (Lipinski definition) is 2. The van der Waals surface area contributed by atoms with Gasteiger partial charge in [-0.3, -0.25) is 5.10 Å². The number of fused-ring (bicyclic) bond motifs is 1. The average Bonchev–Trinajstić information content (AvgIpc) is 2.66. The van der Waals surface area contributed by atoms with Crippen LogP contribution in [0.25, 0.3) is 0 Å². The van der Waals surface area contributed by atoms with E-state index in [4.69, 9.17) is 5.73 Å². The Morgan fingerprint density at radius 2 is 2.12 bits per heavy atom. The molecule has 2 aliphatic rings. The van der Waals surface area contributed by atoms with E-state index in [0.717, 1.165) is 6.54 Å². The second kappa shape index (κ2) is 3.33. The molecule has 2 aliphatic carbocycles. The molecule has 0 saturated heterocycles. The van der Waals surface area contributed by atoms with Crippen LogP contribution in [0.4, 0.5) is 0 Å². The number of nitrogens with one attached hydrogen (secondary N) is 1. The molecule has 3 rings (SSSR count). The van der Waals surface area contributed by atoms with Crippen LogP contribution in [-0.2, 0) is 12.8 Å². The molecule has 0 aromatic carbocycles. The first kappa shape index (κ1) is 10.3. The molecule has 88 valence electrons. The zero-order valence-corrected chi connectivity index (χ0v) is 10.2. The molecule has 0 amide bonds. The lowest BCUT2D eigenvalue weighted by Crippen LogP contribution is -2.05. The fraction of sp³-hybridized carbons (Fsp3) is 0.769. The molecular weight excluding hydrogens is 198 g/mol. The van der Waals surface area contributed by atoms with Gasteiger partial charge in [-0.1, -0.05) is 13.8 Å². The summed E-state index contributed by atoms with van der Waals surface area (Å²) >= 11 is 0. The average molecular weight is 219 g/mol. The van der Waals surface area contributed by atoms with Gasteiger partial charge >= 0.3 is 0 Å². The lowest BCUT2D eigenvalue weighted by atomic mass is 9.93. The molecule has 1 fully saturated rings. The van der Waals surface area contributed by atoms with Crippen molar-refractivity contribution in [2.24, 2.45) is 17.1 Å². The molecule has 2 atom stereocenters. The van der Waals surface area contributed by atoms with Crippen LogP contribution in [0.5, 0.6) is 0 Å². The Hall–Kier alpha value is -0.830. The molecule has 1 aromatic heterocycles. The number of hydrogen-bond acceptors (Lipinski definition) is 2. The Kier molecular flexibility index (Phi) is 2.15. The summed E-state index contributed by atoms with van der Waals surface area (Å²) < 4.78 is 0. The third-order valence-corrected chi connectivity index (χ3v) is 4.69. The van der Waals surface area contributed by atoms with Crippen LogP contribution < -0.4 is 5.73 Å². The minimum atomic E-state index is 0.356. The van der Waals surface area contributed by atoms with Gasteiger partial charge in [0, 0.05) is 11.6 Å². The number of aryl methyl sites for hydroxylation is 1. The van der Waals surface area contributed by atoms with E-state index in [0.29, 0.717) is 17.3 Å². The Labute approximate surface area is 96.8 Å². The highest BCUT2D eigenvalue weighted by Crippen LogP contribution is 2.64. The monoisotopic (exact) mass is 219 g/mol.